The minimum atomic E-state index is 0.0506. The van der Waals surface area contributed by atoms with Crippen LogP contribution in [0.25, 0.3) is 0 Å². The largest absolute Gasteiger partial charge is 0.342 e. The molecule has 0 unspecified atom stereocenters. The first-order valence-electron chi connectivity index (χ1n) is 9.14. The molecule has 0 atom stereocenters. The van der Waals surface area contributed by atoms with Crippen molar-refractivity contribution in [1.29, 1.82) is 0 Å². The van der Waals surface area contributed by atoms with Crippen molar-refractivity contribution >= 4 is 17.5 Å². The molecule has 0 bridgehead atoms. The summed E-state index contributed by atoms with van der Waals surface area (Å²) in [7, 11) is 1.83. The van der Waals surface area contributed by atoms with E-state index in [-0.39, 0.29) is 5.91 Å². The summed E-state index contributed by atoms with van der Waals surface area (Å²) >= 11 is 0. The second-order valence-electron chi connectivity index (χ2n) is 6.66. The highest BCUT2D eigenvalue weighted by Gasteiger charge is 2.12. The molecule has 1 heterocycles. The number of nitrogens with one attached hydrogen (secondary N) is 1. The summed E-state index contributed by atoms with van der Waals surface area (Å²) in [5.41, 5.74) is 4.04. The standard InChI is InChI=1S/C20H26N4O/c1-3-13-24(2)19(25)15-9-11-17(12-10-15)22-20-21-14-16-7-5-4-6-8-18(16)23-20/h9-12,14H,3-8,13H2,1-2H3,(H,21,22,23). The third-order valence-corrected chi connectivity index (χ3v) is 4.61. The number of nitrogens with zero attached hydrogens (tertiary/aromatic N) is 3. The number of fused-ring (bicyclic) bond motifs is 1. The molecule has 25 heavy (non-hydrogen) atoms. The van der Waals surface area contributed by atoms with Crippen LogP contribution < -0.4 is 5.32 Å². The number of amides is 1. The molecule has 1 amide bonds. The van der Waals surface area contributed by atoms with Gasteiger partial charge < -0.3 is 10.2 Å². The van der Waals surface area contributed by atoms with Crippen molar-refractivity contribution in [3.05, 3.63) is 47.3 Å². The highest BCUT2D eigenvalue weighted by molar-refractivity contribution is 5.94. The maximum absolute atomic E-state index is 12.3. The number of rotatable bonds is 5. The summed E-state index contributed by atoms with van der Waals surface area (Å²) in [4.78, 5) is 23.1. The molecular weight excluding hydrogens is 312 g/mol. The number of hydrogen-bond acceptors (Lipinski definition) is 4. The number of aryl methyl sites for hydroxylation is 2. The van der Waals surface area contributed by atoms with Crippen molar-refractivity contribution in [2.75, 3.05) is 18.9 Å². The average molecular weight is 338 g/mol. The summed E-state index contributed by atoms with van der Waals surface area (Å²) in [5.74, 6) is 0.678. The summed E-state index contributed by atoms with van der Waals surface area (Å²) < 4.78 is 0. The van der Waals surface area contributed by atoms with E-state index in [1.807, 2.05) is 37.5 Å². The second-order valence-corrected chi connectivity index (χ2v) is 6.66. The van der Waals surface area contributed by atoms with Crippen LogP contribution in [0.5, 0.6) is 0 Å². The lowest BCUT2D eigenvalue weighted by Crippen LogP contribution is -2.27. The Morgan fingerprint density at radius 2 is 1.92 bits per heavy atom. The Morgan fingerprint density at radius 1 is 1.16 bits per heavy atom. The molecule has 1 aliphatic rings. The highest BCUT2D eigenvalue weighted by Crippen LogP contribution is 2.21. The molecule has 0 saturated heterocycles. The summed E-state index contributed by atoms with van der Waals surface area (Å²) in [6.45, 7) is 2.83. The Morgan fingerprint density at radius 3 is 2.68 bits per heavy atom. The van der Waals surface area contributed by atoms with E-state index in [1.54, 1.807) is 4.90 Å². The summed E-state index contributed by atoms with van der Waals surface area (Å²) in [6.07, 6.45) is 8.71. The molecule has 5 heteroatoms. The first-order valence-corrected chi connectivity index (χ1v) is 9.14. The summed E-state index contributed by atoms with van der Waals surface area (Å²) in [6, 6.07) is 7.50. The van der Waals surface area contributed by atoms with Crippen molar-refractivity contribution < 1.29 is 4.79 Å². The van der Waals surface area contributed by atoms with Crippen LogP contribution >= 0.6 is 0 Å². The number of benzene rings is 1. The van der Waals surface area contributed by atoms with Gasteiger partial charge in [0.05, 0.1) is 0 Å². The van der Waals surface area contributed by atoms with E-state index >= 15 is 0 Å². The SMILES string of the molecule is CCCN(C)C(=O)c1ccc(Nc2ncc3c(n2)CCCCC3)cc1. The number of aromatic nitrogens is 2. The van der Waals surface area contributed by atoms with E-state index in [0.717, 1.165) is 31.5 Å². The molecule has 1 N–H and O–H groups in total. The Balaban J connectivity index is 1.69. The maximum atomic E-state index is 12.3. The van der Waals surface area contributed by atoms with Gasteiger partial charge in [-0.3, -0.25) is 4.79 Å². The molecule has 0 radical (unpaired) electrons. The third-order valence-electron chi connectivity index (χ3n) is 4.61. The monoisotopic (exact) mass is 338 g/mol. The zero-order chi connectivity index (χ0) is 17.6. The van der Waals surface area contributed by atoms with E-state index in [2.05, 4.69) is 22.2 Å². The average Bonchev–Trinajstić information content (AvgIpc) is 2.87. The maximum Gasteiger partial charge on any atom is 0.253 e. The van der Waals surface area contributed by atoms with E-state index in [1.165, 1.54) is 30.5 Å². The fourth-order valence-electron chi connectivity index (χ4n) is 3.19. The quantitative estimate of drug-likeness (QED) is 0.838. The van der Waals surface area contributed by atoms with Crippen LogP contribution in [-0.2, 0) is 12.8 Å². The number of carbonyl (C=O) groups is 1. The Kier molecular flexibility index (Phi) is 5.64. The highest BCUT2D eigenvalue weighted by atomic mass is 16.2. The van der Waals surface area contributed by atoms with Gasteiger partial charge in [-0.2, -0.15) is 0 Å². The van der Waals surface area contributed by atoms with Gasteiger partial charge in [-0.15, -0.1) is 0 Å². The topological polar surface area (TPSA) is 58.1 Å². The molecule has 0 aliphatic heterocycles. The van der Waals surface area contributed by atoms with E-state index in [9.17, 15) is 4.79 Å². The van der Waals surface area contributed by atoms with E-state index in [0.29, 0.717) is 11.5 Å². The van der Waals surface area contributed by atoms with Crippen LogP contribution in [0.15, 0.2) is 30.5 Å². The van der Waals surface area contributed by atoms with Crippen LogP contribution in [0.4, 0.5) is 11.6 Å². The second kappa shape index (κ2) is 8.10. The molecule has 132 valence electrons. The smallest absolute Gasteiger partial charge is 0.253 e. The van der Waals surface area contributed by atoms with Gasteiger partial charge in [0.15, 0.2) is 0 Å². The zero-order valence-corrected chi connectivity index (χ0v) is 15.1. The predicted molar refractivity (Wildman–Crippen MR) is 100 cm³/mol. The Bertz CT molecular complexity index is 727. The van der Waals surface area contributed by atoms with Crippen molar-refractivity contribution in [3.63, 3.8) is 0 Å². The molecule has 0 saturated carbocycles. The minimum Gasteiger partial charge on any atom is -0.342 e. The number of anilines is 2. The van der Waals surface area contributed by atoms with Gasteiger partial charge in [0.1, 0.15) is 0 Å². The predicted octanol–water partition coefficient (Wildman–Crippen LogP) is 3.97. The van der Waals surface area contributed by atoms with Crippen LogP contribution in [-0.4, -0.2) is 34.4 Å². The van der Waals surface area contributed by atoms with Gasteiger partial charge in [-0.05, 0) is 61.9 Å². The number of hydrogen-bond donors (Lipinski definition) is 1. The lowest BCUT2D eigenvalue weighted by molar-refractivity contribution is 0.0795. The van der Waals surface area contributed by atoms with E-state index < -0.39 is 0 Å². The molecule has 3 rings (SSSR count). The van der Waals surface area contributed by atoms with Crippen molar-refractivity contribution in [2.45, 2.75) is 45.4 Å². The van der Waals surface area contributed by atoms with Gasteiger partial charge >= 0.3 is 0 Å². The van der Waals surface area contributed by atoms with Gasteiger partial charge in [0, 0.05) is 36.7 Å². The van der Waals surface area contributed by atoms with Crippen molar-refractivity contribution in [3.8, 4) is 0 Å². The summed E-state index contributed by atoms with van der Waals surface area (Å²) in [5, 5.41) is 3.25. The Labute approximate surface area is 149 Å². The Hall–Kier alpha value is -2.43. The van der Waals surface area contributed by atoms with Crippen LogP contribution in [0.2, 0.25) is 0 Å². The van der Waals surface area contributed by atoms with Crippen LogP contribution in [0.3, 0.4) is 0 Å². The molecule has 2 aromatic rings. The van der Waals surface area contributed by atoms with Crippen molar-refractivity contribution in [1.82, 2.24) is 14.9 Å². The van der Waals surface area contributed by atoms with Gasteiger partial charge in [-0.1, -0.05) is 13.3 Å². The van der Waals surface area contributed by atoms with E-state index in [4.69, 9.17) is 0 Å². The van der Waals surface area contributed by atoms with Crippen molar-refractivity contribution in [2.24, 2.45) is 0 Å². The number of carbonyl (C=O) groups excluding carboxylic acids is 1. The molecule has 1 aliphatic carbocycles. The fraction of sp³-hybridized carbons (Fsp3) is 0.450. The minimum absolute atomic E-state index is 0.0506. The lowest BCUT2D eigenvalue weighted by Gasteiger charge is -2.16. The zero-order valence-electron chi connectivity index (χ0n) is 15.1. The lowest BCUT2D eigenvalue weighted by atomic mass is 10.1. The molecule has 1 aromatic heterocycles. The molecule has 0 spiro atoms. The molecular formula is C20H26N4O. The molecule has 1 aromatic carbocycles. The molecule has 0 fully saturated rings. The van der Waals surface area contributed by atoms with Crippen LogP contribution in [0.1, 0.15) is 54.2 Å². The molecule has 5 nitrogen and oxygen atoms in total. The fourth-order valence-corrected chi connectivity index (χ4v) is 3.19. The first kappa shape index (κ1) is 17.4. The van der Waals surface area contributed by atoms with Crippen LogP contribution in [0, 0.1) is 0 Å². The van der Waals surface area contributed by atoms with Gasteiger partial charge in [0.2, 0.25) is 5.95 Å². The van der Waals surface area contributed by atoms with Gasteiger partial charge in [0.25, 0.3) is 5.91 Å². The third kappa shape index (κ3) is 4.35. The van der Waals surface area contributed by atoms with Gasteiger partial charge in [-0.25, -0.2) is 9.97 Å². The first-order chi connectivity index (χ1) is 12.2. The normalized spacial score (nSPS) is 13.7.